The maximum absolute atomic E-state index is 5.36. The molecule has 0 saturated heterocycles. The maximum Gasteiger partial charge on any atom is 0.162 e. The van der Waals surface area contributed by atoms with Crippen LogP contribution in [0.3, 0.4) is 0 Å². The second-order valence-electron chi connectivity index (χ2n) is 3.72. The van der Waals surface area contributed by atoms with E-state index in [1.165, 1.54) is 6.33 Å². The standard InChI is InChI=1S/C12H14BrN5O2/c1-19-8-4-3-7(5-9(8)20-2)17-11-10(13)12(18-14)16-6-15-11/h3-6H,14H2,1-2H3,(H2,15,16,17,18). The van der Waals surface area contributed by atoms with Crippen molar-refractivity contribution in [2.45, 2.75) is 0 Å². The molecule has 2 aromatic rings. The molecule has 0 fully saturated rings. The summed E-state index contributed by atoms with van der Waals surface area (Å²) in [5.41, 5.74) is 3.28. The van der Waals surface area contributed by atoms with Gasteiger partial charge >= 0.3 is 0 Å². The number of nitrogens with two attached hydrogens (primary N) is 1. The lowest BCUT2D eigenvalue weighted by molar-refractivity contribution is 0.355. The van der Waals surface area contributed by atoms with Crippen molar-refractivity contribution in [2.24, 2.45) is 5.84 Å². The zero-order valence-corrected chi connectivity index (χ0v) is 12.6. The van der Waals surface area contributed by atoms with Crippen LogP contribution in [0.4, 0.5) is 17.3 Å². The quantitative estimate of drug-likeness (QED) is 0.568. The van der Waals surface area contributed by atoms with Gasteiger partial charge < -0.3 is 20.2 Å². The number of ether oxygens (including phenoxy) is 2. The highest BCUT2D eigenvalue weighted by Gasteiger charge is 2.10. The molecule has 2 rings (SSSR count). The largest absolute Gasteiger partial charge is 0.493 e. The van der Waals surface area contributed by atoms with Crippen LogP contribution in [0.5, 0.6) is 11.5 Å². The summed E-state index contributed by atoms with van der Waals surface area (Å²) in [6.45, 7) is 0. The molecule has 4 N–H and O–H groups in total. The molecule has 7 nitrogen and oxygen atoms in total. The van der Waals surface area contributed by atoms with Crippen LogP contribution >= 0.6 is 15.9 Å². The number of methoxy groups -OCH3 is 2. The lowest BCUT2D eigenvalue weighted by Crippen LogP contribution is -2.10. The molecular weight excluding hydrogens is 326 g/mol. The van der Waals surface area contributed by atoms with Crippen molar-refractivity contribution in [2.75, 3.05) is 25.0 Å². The van der Waals surface area contributed by atoms with Gasteiger partial charge in [0, 0.05) is 11.8 Å². The number of anilines is 3. The average Bonchev–Trinajstić information content (AvgIpc) is 2.49. The first-order valence-corrected chi connectivity index (χ1v) is 6.45. The fourth-order valence-electron chi connectivity index (χ4n) is 1.61. The van der Waals surface area contributed by atoms with Gasteiger partial charge in [0.25, 0.3) is 0 Å². The van der Waals surface area contributed by atoms with Crippen molar-refractivity contribution < 1.29 is 9.47 Å². The molecule has 0 aliphatic heterocycles. The summed E-state index contributed by atoms with van der Waals surface area (Å²) in [5, 5.41) is 3.14. The first-order valence-electron chi connectivity index (χ1n) is 5.65. The van der Waals surface area contributed by atoms with E-state index in [2.05, 4.69) is 36.6 Å². The number of aromatic nitrogens is 2. The van der Waals surface area contributed by atoms with Crippen molar-refractivity contribution in [1.82, 2.24) is 9.97 Å². The van der Waals surface area contributed by atoms with Gasteiger partial charge in [-0.1, -0.05) is 0 Å². The molecule has 0 saturated carbocycles. The topological polar surface area (TPSA) is 94.3 Å². The van der Waals surface area contributed by atoms with E-state index in [0.717, 1.165) is 5.69 Å². The normalized spacial score (nSPS) is 10.0. The summed E-state index contributed by atoms with van der Waals surface area (Å²) in [6, 6.07) is 5.47. The molecule has 0 atom stereocenters. The zero-order valence-electron chi connectivity index (χ0n) is 11.0. The molecule has 1 aromatic heterocycles. The monoisotopic (exact) mass is 339 g/mol. The maximum atomic E-state index is 5.36. The predicted molar refractivity (Wildman–Crippen MR) is 80.4 cm³/mol. The Bertz CT molecular complexity index is 608. The lowest BCUT2D eigenvalue weighted by Gasteiger charge is -2.12. The second-order valence-corrected chi connectivity index (χ2v) is 4.52. The molecule has 0 bridgehead atoms. The van der Waals surface area contributed by atoms with E-state index in [9.17, 15) is 0 Å². The molecule has 0 unspecified atom stereocenters. The summed E-state index contributed by atoms with van der Waals surface area (Å²) in [7, 11) is 3.17. The van der Waals surface area contributed by atoms with Crippen LogP contribution in [-0.2, 0) is 0 Å². The van der Waals surface area contributed by atoms with Gasteiger partial charge in [0.15, 0.2) is 17.3 Å². The lowest BCUT2D eigenvalue weighted by atomic mass is 10.2. The Morgan fingerprint density at radius 2 is 1.80 bits per heavy atom. The van der Waals surface area contributed by atoms with Crippen LogP contribution in [0.15, 0.2) is 29.0 Å². The SMILES string of the molecule is COc1ccc(Nc2ncnc(NN)c2Br)cc1OC. The Morgan fingerprint density at radius 1 is 1.10 bits per heavy atom. The Kier molecular flexibility index (Phi) is 4.59. The number of hydrazine groups is 1. The summed E-state index contributed by atoms with van der Waals surface area (Å²) < 4.78 is 11.1. The van der Waals surface area contributed by atoms with Gasteiger partial charge in [0.05, 0.1) is 14.2 Å². The van der Waals surface area contributed by atoms with Gasteiger partial charge in [0.1, 0.15) is 16.6 Å². The molecular formula is C12H14BrN5O2. The fourth-order valence-corrected chi connectivity index (χ4v) is 2.03. The van der Waals surface area contributed by atoms with Crippen molar-refractivity contribution in [1.29, 1.82) is 0 Å². The molecule has 1 heterocycles. The minimum absolute atomic E-state index is 0.489. The third-order valence-electron chi connectivity index (χ3n) is 2.57. The van der Waals surface area contributed by atoms with Crippen LogP contribution in [0.25, 0.3) is 0 Å². The summed E-state index contributed by atoms with van der Waals surface area (Å²) in [5.74, 6) is 7.72. The van der Waals surface area contributed by atoms with E-state index in [1.807, 2.05) is 12.1 Å². The zero-order chi connectivity index (χ0) is 14.5. The Labute approximate surface area is 124 Å². The molecule has 0 radical (unpaired) electrons. The smallest absolute Gasteiger partial charge is 0.162 e. The van der Waals surface area contributed by atoms with E-state index >= 15 is 0 Å². The molecule has 0 amide bonds. The Morgan fingerprint density at radius 3 is 2.45 bits per heavy atom. The van der Waals surface area contributed by atoms with Crippen molar-refractivity contribution >= 4 is 33.3 Å². The van der Waals surface area contributed by atoms with E-state index in [1.54, 1.807) is 20.3 Å². The highest BCUT2D eigenvalue weighted by atomic mass is 79.9. The molecule has 0 spiro atoms. The van der Waals surface area contributed by atoms with Crippen LogP contribution in [-0.4, -0.2) is 24.2 Å². The van der Waals surface area contributed by atoms with E-state index < -0.39 is 0 Å². The summed E-state index contributed by atoms with van der Waals surface area (Å²) >= 11 is 3.38. The van der Waals surface area contributed by atoms with E-state index in [-0.39, 0.29) is 0 Å². The van der Waals surface area contributed by atoms with Gasteiger partial charge in [-0.05, 0) is 28.1 Å². The number of hydrogen-bond donors (Lipinski definition) is 3. The van der Waals surface area contributed by atoms with Crippen LogP contribution in [0.2, 0.25) is 0 Å². The van der Waals surface area contributed by atoms with Crippen LogP contribution < -0.4 is 26.1 Å². The Balaban J connectivity index is 2.30. The summed E-state index contributed by atoms with van der Waals surface area (Å²) in [4.78, 5) is 8.12. The molecule has 20 heavy (non-hydrogen) atoms. The van der Waals surface area contributed by atoms with Gasteiger partial charge in [-0.25, -0.2) is 15.8 Å². The minimum atomic E-state index is 0.489. The summed E-state index contributed by atoms with van der Waals surface area (Å²) in [6.07, 6.45) is 1.41. The average molecular weight is 340 g/mol. The van der Waals surface area contributed by atoms with Gasteiger partial charge in [-0.15, -0.1) is 0 Å². The molecule has 0 aliphatic carbocycles. The minimum Gasteiger partial charge on any atom is -0.493 e. The number of benzene rings is 1. The van der Waals surface area contributed by atoms with E-state index in [0.29, 0.717) is 27.6 Å². The molecule has 1 aromatic carbocycles. The molecule has 106 valence electrons. The first-order chi connectivity index (χ1) is 9.69. The van der Waals surface area contributed by atoms with Crippen LogP contribution in [0.1, 0.15) is 0 Å². The second kappa shape index (κ2) is 6.40. The predicted octanol–water partition coefficient (Wildman–Crippen LogP) is 2.29. The fraction of sp³-hybridized carbons (Fsp3) is 0.167. The van der Waals surface area contributed by atoms with Crippen molar-refractivity contribution in [3.63, 3.8) is 0 Å². The number of halogens is 1. The molecule has 8 heteroatoms. The Hall–Kier alpha value is -2.06. The first kappa shape index (κ1) is 14.4. The van der Waals surface area contributed by atoms with Gasteiger partial charge in [-0.3, -0.25) is 0 Å². The van der Waals surface area contributed by atoms with Crippen LogP contribution in [0, 0.1) is 0 Å². The third-order valence-corrected chi connectivity index (χ3v) is 3.32. The van der Waals surface area contributed by atoms with E-state index in [4.69, 9.17) is 15.3 Å². The van der Waals surface area contributed by atoms with Crippen molar-refractivity contribution in [3.05, 3.63) is 29.0 Å². The number of hydrogen-bond acceptors (Lipinski definition) is 7. The molecule has 0 aliphatic rings. The van der Waals surface area contributed by atoms with Gasteiger partial charge in [0.2, 0.25) is 0 Å². The number of nitrogen functional groups attached to an aromatic ring is 1. The highest BCUT2D eigenvalue weighted by Crippen LogP contribution is 2.33. The van der Waals surface area contributed by atoms with Crippen molar-refractivity contribution in [3.8, 4) is 11.5 Å². The third kappa shape index (κ3) is 2.91. The number of nitrogens with zero attached hydrogens (tertiary/aromatic N) is 2. The highest BCUT2D eigenvalue weighted by molar-refractivity contribution is 9.10. The number of nitrogens with one attached hydrogen (secondary N) is 2. The number of rotatable bonds is 5. The van der Waals surface area contributed by atoms with Gasteiger partial charge in [-0.2, -0.15) is 0 Å².